The molecule has 0 rings (SSSR count). The molecule has 0 aromatic heterocycles. The number of carboxylic acids is 2. The molecular weight excluding hydrogens is 370 g/mol. The minimum Gasteiger partial charge on any atom is -0.481 e. The fraction of sp³-hybridized carbons (Fsp3) is 0.609. The summed E-state index contributed by atoms with van der Waals surface area (Å²) >= 11 is 0. The van der Waals surface area contributed by atoms with E-state index in [9.17, 15) is 14.4 Å². The first kappa shape index (κ1) is 26.6. The maximum Gasteiger partial charge on any atom is 0.326 e. The molecule has 6 heteroatoms. The maximum absolute atomic E-state index is 11.8. The molecule has 1 atom stereocenters. The first-order valence-corrected chi connectivity index (χ1v) is 10.7. The van der Waals surface area contributed by atoms with Gasteiger partial charge in [-0.05, 0) is 44.9 Å². The summed E-state index contributed by atoms with van der Waals surface area (Å²) in [5.74, 6) is -2.60. The Balaban J connectivity index is 3.65. The van der Waals surface area contributed by atoms with Crippen molar-refractivity contribution < 1.29 is 24.6 Å². The van der Waals surface area contributed by atoms with Gasteiger partial charge in [-0.25, -0.2) is 4.79 Å². The van der Waals surface area contributed by atoms with E-state index in [1.165, 1.54) is 0 Å². The molecule has 0 bridgehead atoms. The second-order valence-electron chi connectivity index (χ2n) is 6.99. The fourth-order valence-electron chi connectivity index (χ4n) is 2.70. The van der Waals surface area contributed by atoms with Crippen molar-refractivity contribution in [1.29, 1.82) is 0 Å². The van der Waals surface area contributed by atoms with Crippen LogP contribution in [0.5, 0.6) is 0 Å². The molecule has 0 unspecified atom stereocenters. The van der Waals surface area contributed by atoms with Gasteiger partial charge in [0.05, 0.1) is 0 Å². The Bertz CT molecular complexity index is 551. The zero-order valence-electron chi connectivity index (χ0n) is 17.6. The van der Waals surface area contributed by atoms with Crippen molar-refractivity contribution in [3.05, 3.63) is 36.5 Å². The normalized spacial score (nSPS) is 12.7. The smallest absolute Gasteiger partial charge is 0.326 e. The summed E-state index contributed by atoms with van der Waals surface area (Å²) in [6.45, 7) is 2.13. The average Bonchev–Trinajstić information content (AvgIpc) is 2.67. The third-order valence-corrected chi connectivity index (χ3v) is 4.33. The van der Waals surface area contributed by atoms with Crippen molar-refractivity contribution in [1.82, 2.24) is 5.32 Å². The van der Waals surface area contributed by atoms with Gasteiger partial charge in [-0.3, -0.25) is 9.59 Å². The van der Waals surface area contributed by atoms with Crippen LogP contribution in [0, 0.1) is 0 Å². The van der Waals surface area contributed by atoms with E-state index < -0.39 is 18.0 Å². The summed E-state index contributed by atoms with van der Waals surface area (Å²) < 4.78 is 0. The van der Waals surface area contributed by atoms with Crippen molar-refractivity contribution in [2.24, 2.45) is 0 Å². The van der Waals surface area contributed by atoms with Crippen LogP contribution in [0.15, 0.2) is 36.5 Å². The Morgan fingerprint density at radius 3 is 2.00 bits per heavy atom. The molecule has 0 aliphatic carbocycles. The molecule has 0 spiro atoms. The van der Waals surface area contributed by atoms with Gasteiger partial charge < -0.3 is 15.5 Å². The lowest BCUT2D eigenvalue weighted by Crippen LogP contribution is -2.41. The van der Waals surface area contributed by atoms with Crippen LogP contribution >= 0.6 is 0 Å². The average molecular weight is 408 g/mol. The zero-order chi connectivity index (χ0) is 21.7. The SMILES string of the molecule is CC/C=C/C/C=C/C/C=C/CCCCCCCC(=O)N[C@H](CCC(=O)O)C(=O)O. The summed E-state index contributed by atoms with van der Waals surface area (Å²) in [6.07, 6.45) is 22.0. The van der Waals surface area contributed by atoms with E-state index in [1.54, 1.807) is 0 Å². The topological polar surface area (TPSA) is 104 Å². The molecule has 0 aliphatic rings. The van der Waals surface area contributed by atoms with E-state index in [1.807, 2.05) is 0 Å². The van der Waals surface area contributed by atoms with Crippen LogP contribution in [0.1, 0.15) is 84.0 Å². The van der Waals surface area contributed by atoms with Crippen LogP contribution in [-0.4, -0.2) is 34.1 Å². The highest BCUT2D eigenvalue weighted by atomic mass is 16.4. The minimum absolute atomic E-state index is 0.102. The molecule has 0 saturated carbocycles. The molecule has 29 heavy (non-hydrogen) atoms. The van der Waals surface area contributed by atoms with E-state index in [0.29, 0.717) is 6.42 Å². The van der Waals surface area contributed by atoms with Crippen LogP contribution in [0.3, 0.4) is 0 Å². The first-order valence-electron chi connectivity index (χ1n) is 10.7. The number of rotatable bonds is 18. The number of nitrogens with one attached hydrogen (secondary N) is 1. The van der Waals surface area contributed by atoms with Gasteiger partial charge in [0.2, 0.25) is 5.91 Å². The van der Waals surface area contributed by atoms with Crippen molar-refractivity contribution in [2.45, 2.75) is 90.0 Å². The summed E-state index contributed by atoms with van der Waals surface area (Å²) in [6, 6.07) is -1.13. The molecule has 0 heterocycles. The molecule has 1 amide bonds. The molecule has 0 aromatic rings. The minimum atomic E-state index is -1.20. The van der Waals surface area contributed by atoms with Crippen LogP contribution in [-0.2, 0) is 14.4 Å². The molecule has 0 aromatic carbocycles. The largest absolute Gasteiger partial charge is 0.481 e. The van der Waals surface area contributed by atoms with Gasteiger partial charge in [0.25, 0.3) is 0 Å². The molecule has 0 saturated heterocycles. The summed E-state index contributed by atoms with van der Waals surface area (Å²) in [7, 11) is 0. The van der Waals surface area contributed by atoms with Crippen molar-refractivity contribution in [2.75, 3.05) is 0 Å². The number of unbranched alkanes of at least 4 members (excludes halogenated alkanes) is 5. The predicted octanol–water partition coefficient (Wildman–Crippen LogP) is 5.01. The van der Waals surface area contributed by atoms with Crippen molar-refractivity contribution in [3.63, 3.8) is 0 Å². The second kappa shape index (κ2) is 19.0. The number of amides is 1. The number of carboxylic acid groups (broad SMARTS) is 2. The zero-order valence-corrected chi connectivity index (χ0v) is 17.6. The van der Waals surface area contributed by atoms with E-state index in [2.05, 4.69) is 48.7 Å². The van der Waals surface area contributed by atoms with Crippen molar-refractivity contribution in [3.8, 4) is 0 Å². The Labute approximate surface area is 174 Å². The van der Waals surface area contributed by atoms with Crippen LogP contribution in [0.2, 0.25) is 0 Å². The third kappa shape index (κ3) is 18.7. The summed E-state index contributed by atoms with van der Waals surface area (Å²) in [5, 5.41) is 20.0. The predicted molar refractivity (Wildman–Crippen MR) is 116 cm³/mol. The van der Waals surface area contributed by atoms with Crippen molar-refractivity contribution >= 4 is 17.8 Å². The number of hydrogen-bond acceptors (Lipinski definition) is 3. The Kier molecular flexibility index (Phi) is 17.4. The van der Waals surface area contributed by atoms with Gasteiger partial charge >= 0.3 is 11.9 Å². The van der Waals surface area contributed by atoms with Gasteiger partial charge in [0.15, 0.2) is 0 Å². The number of carbonyl (C=O) groups is 3. The highest BCUT2D eigenvalue weighted by Crippen LogP contribution is 2.08. The molecule has 0 aliphatic heterocycles. The number of aliphatic carboxylic acids is 2. The van der Waals surface area contributed by atoms with E-state index >= 15 is 0 Å². The molecule has 164 valence electrons. The molecule has 6 nitrogen and oxygen atoms in total. The Hall–Kier alpha value is -2.37. The molecule has 3 N–H and O–H groups in total. The van der Waals surface area contributed by atoms with Gasteiger partial charge in [0.1, 0.15) is 6.04 Å². The first-order chi connectivity index (χ1) is 14.0. The lowest BCUT2D eigenvalue weighted by Gasteiger charge is -2.13. The number of carbonyl (C=O) groups excluding carboxylic acids is 1. The number of allylic oxidation sites excluding steroid dienone is 6. The maximum atomic E-state index is 11.8. The Morgan fingerprint density at radius 2 is 1.38 bits per heavy atom. The highest BCUT2D eigenvalue weighted by Gasteiger charge is 2.20. The van der Waals surface area contributed by atoms with Gasteiger partial charge in [-0.1, -0.05) is 62.6 Å². The summed E-state index contributed by atoms with van der Waals surface area (Å²) in [4.78, 5) is 33.4. The van der Waals surface area contributed by atoms with Crippen LogP contribution in [0.25, 0.3) is 0 Å². The van der Waals surface area contributed by atoms with E-state index in [-0.39, 0.29) is 25.2 Å². The van der Waals surface area contributed by atoms with E-state index in [0.717, 1.165) is 51.4 Å². The van der Waals surface area contributed by atoms with Gasteiger partial charge in [-0.2, -0.15) is 0 Å². The summed E-state index contributed by atoms with van der Waals surface area (Å²) in [5.41, 5.74) is 0. The van der Waals surface area contributed by atoms with Gasteiger partial charge in [0, 0.05) is 12.8 Å². The van der Waals surface area contributed by atoms with Crippen LogP contribution < -0.4 is 5.32 Å². The lowest BCUT2D eigenvalue weighted by molar-refractivity contribution is -0.143. The van der Waals surface area contributed by atoms with E-state index in [4.69, 9.17) is 10.2 Å². The van der Waals surface area contributed by atoms with Gasteiger partial charge in [-0.15, -0.1) is 0 Å². The molecule has 0 radical (unpaired) electrons. The monoisotopic (exact) mass is 407 g/mol. The quantitative estimate of drug-likeness (QED) is 0.219. The lowest BCUT2D eigenvalue weighted by atomic mass is 10.1. The second-order valence-corrected chi connectivity index (χ2v) is 6.99. The highest BCUT2D eigenvalue weighted by molar-refractivity contribution is 5.83. The van der Waals surface area contributed by atoms with Crippen LogP contribution in [0.4, 0.5) is 0 Å². The number of hydrogen-bond donors (Lipinski definition) is 3. The Morgan fingerprint density at radius 1 is 0.793 bits per heavy atom. The molecular formula is C23H37NO5. The third-order valence-electron chi connectivity index (χ3n) is 4.33. The fourth-order valence-corrected chi connectivity index (χ4v) is 2.70. The molecule has 0 fully saturated rings. The standard InChI is InChI=1S/C23H37NO5/c1-2-3-4-5-6-7-8-9-10-11-12-13-14-15-16-17-21(25)24-20(23(28)29)18-19-22(26)27/h3-4,6-7,9-10,20H,2,5,8,11-19H2,1H3,(H,24,25)(H,26,27)(H,28,29)/b4-3+,7-6+,10-9+/t20-/m1/s1.